The van der Waals surface area contributed by atoms with Crippen LogP contribution in [0.15, 0.2) is 0 Å². The molecule has 1 fully saturated rings. The lowest BCUT2D eigenvalue weighted by Gasteiger charge is -2.37. The van der Waals surface area contributed by atoms with Crippen molar-refractivity contribution in [1.29, 1.82) is 0 Å². The molecule has 2 unspecified atom stereocenters. The molecule has 1 nitrogen and oxygen atoms in total. The first kappa shape index (κ1) is 11.0. The lowest BCUT2D eigenvalue weighted by molar-refractivity contribution is 0.157. The Balaban J connectivity index is 1.99. The maximum Gasteiger partial charge on any atom is -0.00180 e. The number of hydrogen-bond acceptors (Lipinski definition) is 1. The van der Waals surface area contributed by atoms with Crippen LogP contribution in [-0.2, 0) is 0 Å². The fourth-order valence-corrected chi connectivity index (χ4v) is 2.27. The van der Waals surface area contributed by atoms with Gasteiger partial charge in [-0.05, 0) is 37.8 Å². The first-order chi connectivity index (χ1) is 6.38. The molecule has 0 saturated heterocycles. The van der Waals surface area contributed by atoms with Crippen LogP contribution in [0, 0.1) is 11.8 Å². The standard InChI is InChI=1S/C12H25N/c1-3-5-6-7-11-8-9-12(11)10-13-4-2/h11-13H,3-10H2,1-2H3. The molecule has 13 heavy (non-hydrogen) atoms. The van der Waals surface area contributed by atoms with Gasteiger partial charge in [0.1, 0.15) is 0 Å². The molecule has 1 rings (SSSR count). The van der Waals surface area contributed by atoms with Gasteiger partial charge in [-0.2, -0.15) is 0 Å². The maximum atomic E-state index is 3.47. The van der Waals surface area contributed by atoms with Crippen molar-refractivity contribution in [3.63, 3.8) is 0 Å². The van der Waals surface area contributed by atoms with Crippen molar-refractivity contribution in [2.75, 3.05) is 13.1 Å². The van der Waals surface area contributed by atoms with Crippen LogP contribution in [0.1, 0.15) is 52.4 Å². The lowest BCUT2D eigenvalue weighted by Crippen LogP contribution is -2.35. The molecule has 78 valence electrons. The Hall–Kier alpha value is -0.0400. The molecule has 0 aromatic heterocycles. The quantitative estimate of drug-likeness (QED) is 0.598. The molecule has 0 aromatic carbocycles. The van der Waals surface area contributed by atoms with E-state index in [1.54, 1.807) is 0 Å². The van der Waals surface area contributed by atoms with E-state index in [-0.39, 0.29) is 0 Å². The van der Waals surface area contributed by atoms with Crippen LogP contribution >= 0.6 is 0 Å². The highest BCUT2D eigenvalue weighted by Crippen LogP contribution is 2.37. The summed E-state index contributed by atoms with van der Waals surface area (Å²) in [5, 5.41) is 3.47. The highest BCUT2D eigenvalue weighted by molar-refractivity contribution is 4.81. The topological polar surface area (TPSA) is 12.0 Å². The van der Waals surface area contributed by atoms with Gasteiger partial charge in [-0.3, -0.25) is 0 Å². The number of unbranched alkanes of at least 4 members (excludes halogenated alkanes) is 2. The van der Waals surface area contributed by atoms with Gasteiger partial charge in [-0.15, -0.1) is 0 Å². The molecule has 0 amide bonds. The molecule has 0 spiro atoms. The van der Waals surface area contributed by atoms with Crippen molar-refractivity contribution in [2.45, 2.75) is 52.4 Å². The van der Waals surface area contributed by atoms with Crippen LogP contribution in [0.3, 0.4) is 0 Å². The van der Waals surface area contributed by atoms with Crippen molar-refractivity contribution in [3.05, 3.63) is 0 Å². The van der Waals surface area contributed by atoms with Crippen molar-refractivity contribution >= 4 is 0 Å². The molecule has 1 aliphatic rings. The average molecular weight is 183 g/mol. The van der Waals surface area contributed by atoms with Crippen LogP contribution in [0.25, 0.3) is 0 Å². The summed E-state index contributed by atoms with van der Waals surface area (Å²) >= 11 is 0. The number of nitrogens with one attached hydrogen (secondary N) is 1. The molecule has 0 heterocycles. The van der Waals surface area contributed by atoms with Gasteiger partial charge in [0, 0.05) is 0 Å². The van der Waals surface area contributed by atoms with Crippen LogP contribution in [0.2, 0.25) is 0 Å². The van der Waals surface area contributed by atoms with E-state index in [4.69, 9.17) is 0 Å². The first-order valence-electron chi connectivity index (χ1n) is 6.09. The molecule has 0 bridgehead atoms. The minimum absolute atomic E-state index is 1.01. The van der Waals surface area contributed by atoms with Gasteiger partial charge in [0.25, 0.3) is 0 Å². The van der Waals surface area contributed by atoms with E-state index in [2.05, 4.69) is 19.2 Å². The summed E-state index contributed by atoms with van der Waals surface area (Å²) in [6.07, 6.45) is 8.73. The summed E-state index contributed by atoms with van der Waals surface area (Å²) in [6.45, 7) is 6.90. The minimum atomic E-state index is 1.01. The van der Waals surface area contributed by atoms with Crippen molar-refractivity contribution in [2.24, 2.45) is 11.8 Å². The second kappa shape index (κ2) is 6.42. The van der Waals surface area contributed by atoms with E-state index in [9.17, 15) is 0 Å². The van der Waals surface area contributed by atoms with Crippen LogP contribution in [0.4, 0.5) is 0 Å². The molecule has 1 heteroatoms. The second-order valence-corrected chi connectivity index (χ2v) is 4.40. The van der Waals surface area contributed by atoms with E-state index in [0.717, 1.165) is 18.4 Å². The zero-order valence-corrected chi connectivity index (χ0v) is 9.31. The Bertz CT molecular complexity index is 122. The maximum absolute atomic E-state index is 3.47. The van der Waals surface area contributed by atoms with E-state index < -0.39 is 0 Å². The van der Waals surface area contributed by atoms with Crippen molar-refractivity contribution < 1.29 is 0 Å². The Labute approximate surface area is 83.3 Å². The molecule has 0 radical (unpaired) electrons. The molecule has 1 N–H and O–H groups in total. The third-order valence-corrected chi connectivity index (χ3v) is 3.41. The predicted molar refractivity (Wildman–Crippen MR) is 58.9 cm³/mol. The largest absolute Gasteiger partial charge is 0.317 e. The fourth-order valence-electron chi connectivity index (χ4n) is 2.27. The van der Waals surface area contributed by atoms with Gasteiger partial charge in [-0.1, -0.05) is 39.5 Å². The monoisotopic (exact) mass is 183 g/mol. The zero-order valence-electron chi connectivity index (χ0n) is 9.31. The third kappa shape index (κ3) is 3.68. The van der Waals surface area contributed by atoms with Gasteiger partial charge in [-0.25, -0.2) is 0 Å². The van der Waals surface area contributed by atoms with E-state index >= 15 is 0 Å². The normalized spacial score (nSPS) is 27.2. The van der Waals surface area contributed by atoms with Crippen LogP contribution in [-0.4, -0.2) is 13.1 Å². The van der Waals surface area contributed by atoms with Crippen molar-refractivity contribution in [3.8, 4) is 0 Å². The summed E-state index contributed by atoms with van der Waals surface area (Å²) in [4.78, 5) is 0. The summed E-state index contributed by atoms with van der Waals surface area (Å²) in [5.41, 5.74) is 0. The van der Waals surface area contributed by atoms with Crippen LogP contribution < -0.4 is 5.32 Å². The molecule has 1 aliphatic carbocycles. The fraction of sp³-hybridized carbons (Fsp3) is 1.00. The molecule has 0 aliphatic heterocycles. The molecule has 0 aromatic rings. The Kier molecular flexibility index (Phi) is 5.45. The minimum Gasteiger partial charge on any atom is -0.317 e. The third-order valence-electron chi connectivity index (χ3n) is 3.41. The SMILES string of the molecule is CCCCCC1CCC1CNCC. The highest BCUT2D eigenvalue weighted by atomic mass is 14.9. The highest BCUT2D eigenvalue weighted by Gasteiger charge is 2.29. The Morgan fingerprint density at radius 2 is 1.85 bits per heavy atom. The van der Waals surface area contributed by atoms with Gasteiger partial charge >= 0.3 is 0 Å². The summed E-state index contributed by atoms with van der Waals surface area (Å²) in [6, 6.07) is 0. The number of rotatable bonds is 7. The van der Waals surface area contributed by atoms with E-state index in [0.29, 0.717) is 0 Å². The lowest BCUT2D eigenvalue weighted by atomic mass is 9.71. The van der Waals surface area contributed by atoms with Crippen LogP contribution in [0.5, 0.6) is 0 Å². The average Bonchev–Trinajstić information content (AvgIpc) is 2.11. The summed E-state index contributed by atoms with van der Waals surface area (Å²) in [7, 11) is 0. The van der Waals surface area contributed by atoms with Gasteiger partial charge in [0.2, 0.25) is 0 Å². The van der Waals surface area contributed by atoms with E-state index in [1.807, 2.05) is 0 Å². The second-order valence-electron chi connectivity index (χ2n) is 4.40. The molecule has 1 saturated carbocycles. The predicted octanol–water partition coefficient (Wildman–Crippen LogP) is 3.20. The Morgan fingerprint density at radius 3 is 2.38 bits per heavy atom. The molecule has 2 atom stereocenters. The molecular weight excluding hydrogens is 158 g/mol. The zero-order chi connectivity index (χ0) is 9.52. The van der Waals surface area contributed by atoms with E-state index in [1.165, 1.54) is 45.1 Å². The summed E-state index contributed by atoms with van der Waals surface area (Å²) < 4.78 is 0. The number of hydrogen-bond donors (Lipinski definition) is 1. The van der Waals surface area contributed by atoms with Gasteiger partial charge in [0.05, 0.1) is 0 Å². The summed E-state index contributed by atoms with van der Waals surface area (Å²) in [5.74, 6) is 2.07. The van der Waals surface area contributed by atoms with Crippen molar-refractivity contribution in [1.82, 2.24) is 5.32 Å². The van der Waals surface area contributed by atoms with Gasteiger partial charge < -0.3 is 5.32 Å². The van der Waals surface area contributed by atoms with Gasteiger partial charge in [0.15, 0.2) is 0 Å². The Morgan fingerprint density at radius 1 is 1.08 bits per heavy atom. The smallest absolute Gasteiger partial charge is 0.00180 e. The molecular formula is C12H25N. The first-order valence-corrected chi connectivity index (χ1v) is 6.09.